The molecule has 0 radical (unpaired) electrons. The fourth-order valence-electron chi connectivity index (χ4n) is 3.45. The molecule has 1 aliphatic heterocycles. The van der Waals surface area contributed by atoms with Crippen LogP contribution in [0.15, 0.2) is 18.2 Å². The third-order valence-electron chi connectivity index (χ3n) is 4.41. The van der Waals surface area contributed by atoms with Gasteiger partial charge in [-0.05, 0) is 70.4 Å². The third kappa shape index (κ3) is 3.37. The summed E-state index contributed by atoms with van der Waals surface area (Å²) in [5.41, 5.74) is 4.33. The highest BCUT2D eigenvalue weighted by Crippen LogP contribution is 2.36. The van der Waals surface area contributed by atoms with Crippen molar-refractivity contribution >= 4 is 0 Å². The van der Waals surface area contributed by atoms with E-state index in [0.29, 0.717) is 6.04 Å². The molecule has 0 bridgehead atoms. The average molecular weight is 260 g/mol. The average Bonchev–Trinajstić information content (AvgIpc) is 2.37. The van der Waals surface area contributed by atoms with Crippen LogP contribution in [0.25, 0.3) is 0 Å². The van der Waals surface area contributed by atoms with Crippen LogP contribution < -0.4 is 5.32 Å². The zero-order chi connectivity index (χ0) is 13.8. The van der Waals surface area contributed by atoms with Crippen molar-refractivity contribution in [2.75, 3.05) is 26.7 Å². The second-order valence-electron chi connectivity index (χ2n) is 6.00. The van der Waals surface area contributed by atoms with Gasteiger partial charge >= 0.3 is 0 Å². The van der Waals surface area contributed by atoms with Crippen molar-refractivity contribution in [1.29, 1.82) is 0 Å². The highest BCUT2D eigenvalue weighted by Gasteiger charge is 2.30. The summed E-state index contributed by atoms with van der Waals surface area (Å²) in [7, 11) is 2.28. The van der Waals surface area contributed by atoms with Gasteiger partial charge in [-0.3, -0.25) is 4.90 Å². The normalized spacial score (nSPS) is 24.6. The van der Waals surface area contributed by atoms with E-state index in [4.69, 9.17) is 0 Å². The lowest BCUT2D eigenvalue weighted by Crippen LogP contribution is -2.40. The van der Waals surface area contributed by atoms with E-state index in [1.807, 2.05) is 0 Å². The number of rotatable bonds is 4. The zero-order valence-electron chi connectivity index (χ0n) is 12.9. The number of likely N-dealkylation sites (tertiary alicyclic amines) is 1. The molecule has 2 atom stereocenters. The minimum atomic E-state index is 0.577. The van der Waals surface area contributed by atoms with Crippen LogP contribution in [0.4, 0.5) is 0 Å². The van der Waals surface area contributed by atoms with Gasteiger partial charge in [0, 0.05) is 6.04 Å². The number of hydrogen-bond acceptors (Lipinski definition) is 2. The second-order valence-corrected chi connectivity index (χ2v) is 6.00. The fourth-order valence-corrected chi connectivity index (χ4v) is 3.45. The SMILES string of the molecule is CCNCC1CCCN(C)C1c1ccc(C)cc1C. The van der Waals surface area contributed by atoms with Gasteiger partial charge in [0.15, 0.2) is 0 Å². The quantitative estimate of drug-likeness (QED) is 0.893. The molecule has 1 fully saturated rings. The van der Waals surface area contributed by atoms with Crippen LogP contribution in [0.1, 0.15) is 42.5 Å². The Balaban J connectivity index is 2.25. The number of nitrogens with one attached hydrogen (secondary N) is 1. The third-order valence-corrected chi connectivity index (χ3v) is 4.41. The van der Waals surface area contributed by atoms with Crippen LogP contribution in [0.5, 0.6) is 0 Å². The summed E-state index contributed by atoms with van der Waals surface area (Å²) in [6, 6.07) is 7.50. The molecule has 2 heteroatoms. The molecule has 2 nitrogen and oxygen atoms in total. The summed E-state index contributed by atoms with van der Waals surface area (Å²) in [5, 5.41) is 3.54. The Morgan fingerprint density at radius 1 is 1.32 bits per heavy atom. The first-order chi connectivity index (χ1) is 9.13. The second kappa shape index (κ2) is 6.53. The molecule has 106 valence electrons. The topological polar surface area (TPSA) is 15.3 Å². The highest BCUT2D eigenvalue weighted by atomic mass is 15.1. The van der Waals surface area contributed by atoms with Crippen molar-refractivity contribution in [1.82, 2.24) is 10.2 Å². The summed E-state index contributed by atoms with van der Waals surface area (Å²) in [4.78, 5) is 2.54. The molecule has 1 aromatic carbocycles. The molecule has 1 aromatic rings. The Kier molecular flexibility index (Phi) is 5.00. The lowest BCUT2D eigenvalue weighted by molar-refractivity contribution is 0.119. The molecule has 0 spiro atoms. The number of nitrogens with zero attached hydrogens (tertiary/aromatic N) is 1. The first-order valence-electron chi connectivity index (χ1n) is 7.61. The van der Waals surface area contributed by atoms with Gasteiger partial charge in [0.25, 0.3) is 0 Å². The Bertz CT molecular complexity index is 414. The number of hydrogen-bond donors (Lipinski definition) is 1. The summed E-state index contributed by atoms with van der Waals surface area (Å²) in [6.45, 7) is 10.1. The predicted molar refractivity (Wildman–Crippen MR) is 82.6 cm³/mol. The molecule has 2 unspecified atom stereocenters. The standard InChI is InChI=1S/C17H28N2/c1-5-18-12-15-7-6-10-19(4)17(15)16-9-8-13(2)11-14(16)3/h8-9,11,15,17-18H,5-7,10,12H2,1-4H3. The van der Waals surface area contributed by atoms with Crippen molar-refractivity contribution in [3.63, 3.8) is 0 Å². The van der Waals surface area contributed by atoms with Gasteiger partial charge in [-0.1, -0.05) is 30.7 Å². The van der Waals surface area contributed by atoms with E-state index in [-0.39, 0.29) is 0 Å². The van der Waals surface area contributed by atoms with E-state index >= 15 is 0 Å². The first-order valence-corrected chi connectivity index (χ1v) is 7.61. The highest BCUT2D eigenvalue weighted by molar-refractivity contribution is 5.33. The van der Waals surface area contributed by atoms with Gasteiger partial charge in [-0.2, -0.15) is 0 Å². The van der Waals surface area contributed by atoms with Crippen molar-refractivity contribution in [3.8, 4) is 0 Å². The molecule has 1 N–H and O–H groups in total. The zero-order valence-corrected chi connectivity index (χ0v) is 12.9. The van der Waals surface area contributed by atoms with E-state index < -0.39 is 0 Å². The predicted octanol–water partition coefficient (Wildman–Crippen LogP) is 3.30. The van der Waals surface area contributed by atoms with E-state index in [9.17, 15) is 0 Å². The molecule has 0 saturated carbocycles. The molecule has 19 heavy (non-hydrogen) atoms. The Morgan fingerprint density at radius 3 is 2.79 bits per heavy atom. The largest absolute Gasteiger partial charge is 0.317 e. The Hall–Kier alpha value is -0.860. The van der Waals surface area contributed by atoms with Crippen LogP contribution in [0.3, 0.4) is 0 Å². The summed E-state index contributed by atoms with van der Waals surface area (Å²) < 4.78 is 0. The molecule has 2 rings (SSSR count). The molecule has 0 aliphatic carbocycles. The van der Waals surface area contributed by atoms with Gasteiger partial charge < -0.3 is 5.32 Å². The minimum absolute atomic E-state index is 0.577. The number of piperidine rings is 1. The summed E-state index contributed by atoms with van der Waals surface area (Å²) in [5.74, 6) is 0.736. The maximum atomic E-state index is 3.54. The maximum Gasteiger partial charge on any atom is 0.0387 e. The van der Waals surface area contributed by atoms with Gasteiger partial charge in [0.05, 0.1) is 0 Å². The Morgan fingerprint density at radius 2 is 2.11 bits per heavy atom. The van der Waals surface area contributed by atoms with Gasteiger partial charge in [0.1, 0.15) is 0 Å². The van der Waals surface area contributed by atoms with Crippen molar-refractivity contribution in [3.05, 3.63) is 34.9 Å². The number of benzene rings is 1. The van der Waals surface area contributed by atoms with Crippen molar-refractivity contribution < 1.29 is 0 Å². The van der Waals surface area contributed by atoms with Gasteiger partial charge in [-0.15, -0.1) is 0 Å². The van der Waals surface area contributed by atoms with Crippen LogP contribution in [-0.2, 0) is 0 Å². The molecule has 0 aromatic heterocycles. The van der Waals surface area contributed by atoms with E-state index in [0.717, 1.165) is 19.0 Å². The van der Waals surface area contributed by atoms with Gasteiger partial charge in [0.2, 0.25) is 0 Å². The fraction of sp³-hybridized carbons (Fsp3) is 0.647. The first kappa shape index (κ1) is 14.5. The lowest BCUT2D eigenvalue weighted by atomic mass is 9.83. The molecule has 1 aliphatic rings. The smallest absolute Gasteiger partial charge is 0.0387 e. The molecule has 1 heterocycles. The van der Waals surface area contributed by atoms with Crippen LogP contribution >= 0.6 is 0 Å². The molecular weight excluding hydrogens is 232 g/mol. The summed E-state index contributed by atoms with van der Waals surface area (Å²) in [6.07, 6.45) is 2.67. The van der Waals surface area contributed by atoms with E-state index in [2.05, 4.69) is 56.2 Å². The lowest BCUT2D eigenvalue weighted by Gasteiger charge is -2.40. The van der Waals surface area contributed by atoms with Crippen LogP contribution in [0, 0.1) is 19.8 Å². The maximum absolute atomic E-state index is 3.54. The molecule has 0 amide bonds. The molecule has 1 saturated heterocycles. The monoisotopic (exact) mass is 260 g/mol. The molecular formula is C17H28N2. The van der Waals surface area contributed by atoms with Crippen molar-refractivity contribution in [2.24, 2.45) is 5.92 Å². The van der Waals surface area contributed by atoms with Crippen LogP contribution in [-0.4, -0.2) is 31.6 Å². The van der Waals surface area contributed by atoms with Crippen LogP contribution in [0.2, 0.25) is 0 Å². The summed E-state index contributed by atoms with van der Waals surface area (Å²) >= 11 is 0. The Labute approximate surface area is 118 Å². The van der Waals surface area contributed by atoms with Crippen molar-refractivity contribution in [2.45, 2.75) is 39.7 Å². The van der Waals surface area contributed by atoms with E-state index in [1.54, 1.807) is 0 Å². The number of aryl methyl sites for hydroxylation is 2. The minimum Gasteiger partial charge on any atom is -0.317 e. The van der Waals surface area contributed by atoms with Gasteiger partial charge in [-0.25, -0.2) is 0 Å². The van der Waals surface area contributed by atoms with E-state index in [1.165, 1.54) is 36.1 Å².